The van der Waals surface area contributed by atoms with Gasteiger partial charge in [-0.3, -0.25) is 4.79 Å². The highest BCUT2D eigenvalue weighted by molar-refractivity contribution is 5.98. The zero-order valence-corrected chi connectivity index (χ0v) is 21.4. The highest BCUT2D eigenvalue weighted by Crippen LogP contribution is 2.67. The third kappa shape index (κ3) is 2.81. The van der Waals surface area contributed by atoms with E-state index < -0.39 is 45.8 Å². The van der Waals surface area contributed by atoms with Crippen molar-refractivity contribution >= 4 is 11.8 Å². The van der Waals surface area contributed by atoms with E-state index in [0.717, 1.165) is 16.7 Å². The summed E-state index contributed by atoms with van der Waals surface area (Å²) in [6.07, 6.45) is 3.89. The molecule has 0 aromatic rings. The summed E-state index contributed by atoms with van der Waals surface area (Å²) in [5.74, 6) is -0.886. The summed E-state index contributed by atoms with van der Waals surface area (Å²) in [5.41, 5.74) is -3.16. The van der Waals surface area contributed by atoms with E-state index >= 15 is 0 Å². The molecule has 2 saturated carbocycles. The van der Waals surface area contributed by atoms with Crippen LogP contribution in [-0.2, 0) is 14.3 Å². The van der Waals surface area contributed by atoms with Gasteiger partial charge in [0.1, 0.15) is 29.0 Å². The van der Waals surface area contributed by atoms with Crippen molar-refractivity contribution in [2.24, 2.45) is 16.7 Å². The molecule has 5 aliphatic rings. The first-order valence-corrected chi connectivity index (χ1v) is 12.8. The Kier molecular flexibility index (Phi) is 5.24. The second-order valence-electron chi connectivity index (χ2n) is 12.2. The molecule has 0 bridgehead atoms. The Labute approximate surface area is 206 Å². The van der Waals surface area contributed by atoms with E-state index in [1.54, 1.807) is 20.8 Å². The molecule has 8 atom stereocenters. The number of carbonyl (C=O) groups is 2. The molecule has 7 nitrogen and oxygen atoms in total. The van der Waals surface area contributed by atoms with E-state index in [1.165, 1.54) is 12.2 Å². The summed E-state index contributed by atoms with van der Waals surface area (Å²) in [6, 6.07) is 0. The van der Waals surface area contributed by atoms with Gasteiger partial charge in [0.25, 0.3) is 0 Å². The van der Waals surface area contributed by atoms with Crippen LogP contribution in [0.5, 0.6) is 0 Å². The molecule has 1 heterocycles. The Balaban J connectivity index is 1.56. The number of hydrogen-bond donors (Lipinski definition) is 4. The molecule has 0 radical (unpaired) electrons. The van der Waals surface area contributed by atoms with Gasteiger partial charge < -0.3 is 25.2 Å². The number of fused-ring (bicyclic) bond motifs is 4. The minimum atomic E-state index is -1.69. The minimum Gasteiger partial charge on any atom is -0.455 e. The van der Waals surface area contributed by atoms with Crippen LogP contribution in [0.15, 0.2) is 34.4 Å². The highest BCUT2D eigenvalue weighted by Gasteiger charge is 2.70. The lowest BCUT2D eigenvalue weighted by atomic mass is 9.46. The maximum Gasteiger partial charge on any atom is 0.334 e. The summed E-state index contributed by atoms with van der Waals surface area (Å²) >= 11 is 0. The van der Waals surface area contributed by atoms with Crippen LogP contribution >= 0.6 is 0 Å². The molecule has 35 heavy (non-hydrogen) atoms. The molecule has 0 aromatic carbocycles. The van der Waals surface area contributed by atoms with E-state index in [9.17, 15) is 30.0 Å². The number of rotatable bonds is 2. The molecule has 5 rings (SSSR count). The Morgan fingerprint density at radius 2 is 1.77 bits per heavy atom. The number of allylic oxidation sites excluding steroid dienone is 2. The molecule has 0 amide bonds. The maximum atomic E-state index is 13.2. The summed E-state index contributed by atoms with van der Waals surface area (Å²) in [5, 5.41) is 46.3. The standard InChI is InChI=1S/C28H38O7/c1-15-14-22(35-23(31)16(15)2)26(5,32)28(34)13-10-18-17-8-12-27(33)21(30)7-6-20(29)25(27,4)19(17)9-11-24(18,28)3/h6-7,19,21-22,30,32-34H,8-14H2,1-5H3/t19?,21-,22?,24-,25-,26-,27+,28-/m0/s1. The number of aliphatic hydroxyl groups is 4. The van der Waals surface area contributed by atoms with Crippen molar-refractivity contribution in [1.82, 2.24) is 0 Å². The van der Waals surface area contributed by atoms with Crippen LogP contribution in [0.4, 0.5) is 0 Å². The molecule has 192 valence electrons. The fourth-order valence-corrected chi connectivity index (χ4v) is 8.25. The molecular weight excluding hydrogens is 448 g/mol. The second-order valence-corrected chi connectivity index (χ2v) is 12.2. The monoisotopic (exact) mass is 486 g/mol. The van der Waals surface area contributed by atoms with Gasteiger partial charge in [-0.1, -0.05) is 23.6 Å². The lowest BCUT2D eigenvalue weighted by Crippen LogP contribution is -2.68. The van der Waals surface area contributed by atoms with Crippen molar-refractivity contribution in [3.05, 3.63) is 34.4 Å². The lowest BCUT2D eigenvalue weighted by molar-refractivity contribution is -0.237. The van der Waals surface area contributed by atoms with Crippen LogP contribution in [0.3, 0.4) is 0 Å². The zero-order chi connectivity index (χ0) is 25.8. The van der Waals surface area contributed by atoms with Gasteiger partial charge in [0.2, 0.25) is 0 Å². The quantitative estimate of drug-likeness (QED) is 0.349. The van der Waals surface area contributed by atoms with E-state index in [4.69, 9.17) is 4.74 Å². The molecule has 4 N–H and O–H groups in total. The summed E-state index contributed by atoms with van der Waals surface area (Å²) in [6.45, 7) is 8.89. The van der Waals surface area contributed by atoms with Crippen molar-refractivity contribution in [3.8, 4) is 0 Å². The highest BCUT2D eigenvalue weighted by atomic mass is 16.6. The predicted octanol–water partition coefficient (Wildman–Crippen LogP) is 2.66. The van der Waals surface area contributed by atoms with Gasteiger partial charge in [0.15, 0.2) is 5.78 Å². The summed E-state index contributed by atoms with van der Waals surface area (Å²) in [7, 11) is 0. The number of hydrogen-bond acceptors (Lipinski definition) is 7. The molecule has 0 saturated heterocycles. The fraction of sp³-hybridized carbons (Fsp3) is 0.714. The van der Waals surface area contributed by atoms with Gasteiger partial charge in [-0.05, 0) is 84.3 Å². The van der Waals surface area contributed by atoms with Gasteiger partial charge in [0, 0.05) is 17.4 Å². The van der Waals surface area contributed by atoms with Gasteiger partial charge in [-0.2, -0.15) is 0 Å². The Morgan fingerprint density at radius 3 is 2.43 bits per heavy atom. The average molecular weight is 487 g/mol. The molecule has 0 spiro atoms. The Morgan fingerprint density at radius 1 is 1.09 bits per heavy atom. The molecule has 2 fully saturated rings. The first-order chi connectivity index (χ1) is 16.1. The summed E-state index contributed by atoms with van der Waals surface area (Å²) in [4.78, 5) is 25.6. The van der Waals surface area contributed by atoms with Gasteiger partial charge in [-0.25, -0.2) is 4.79 Å². The van der Waals surface area contributed by atoms with E-state index in [0.29, 0.717) is 44.1 Å². The molecule has 7 heteroatoms. The number of aliphatic hydroxyl groups excluding tert-OH is 1. The van der Waals surface area contributed by atoms with Crippen LogP contribution in [0.25, 0.3) is 0 Å². The van der Waals surface area contributed by atoms with Crippen LogP contribution in [-0.4, -0.2) is 61.2 Å². The van der Waals surface area contributed by atoms with Crippen molar-refractivity contribution in [2.45, 2.75) is 109 Å². The second kappa shape index (κ2) is 7.37. The molecule has 0 aromatic heterocycles. The van der Waals surface area contributed by atoms with E-state index in [-0.39, 0.29) is 18.1 Å². The minimum absolute atomic E-state index is 0.177. The third-order valence-corrected chi connectivity index (χ3v) is 11.0. The molecule has 4 aliphatic carbocycles. The first-order valence-electron chi connectivity index (χ1n) is 12.8. The van der Waals surface area contributed by atoms with Crippen molar-refractivity contribution in [3.63, 3.8) is 0 Å². The zero-order valence-electron chi connectivity index (χ0n) is 21.4. The normalized spacial score (nSPS) is 47.2. The van der Waals surface area contributed by atoms with Crippen LogP contribution in [0.2, 0.25) is 0 Å². The number of cyclic esters (lactones) is 1. The van der Waals surface area contributed by atoms with Gasteiger partial charge >= 0.3 is 5.97 Å². The Hall–Kier alpha value is -1.80. The number of ether oxygens (including phenoxy) is 1. The predicted molar refractivity (Wildman–Crippen MR) is 128 cm³/mol. The SMILES string of the molecule is CC1=C(C)C(=O)OC([C@](C)(O)[C@]2(O)CCC3=C4CC[C@@]5(O)[C@@H](O)C=CC(=O)[C@]5(C)C4CC[C@@]32C)C1. The number of ketones is 1. The first kappa shape index (κ1) is 24.9. The van der Waals surface area contributed by atoms with Crippen LogP contribution < -0.4 is 0 Å². The number of esters is 1. The number of carbonyl (C=O) groups excluding carboxylic acids is 2. The Bertz CT molecular complexity index is 1100. The summed E-state index contributed by atoms with van der Waals surface area (Å²) < 4.78 is 5.63. The molecular formula is C28H38O7. The topological polar surface area (TPSA) is 124 Å². The van der Waals surface area contributed by atoms with Gasteiger partial charge in [-0.15, -0.1) is 0 Å². The van der Waals surface area contributed by atoms with E-state index in [2.05, 4.69) is 0 Å². The molecule has 2 unspecified atom stereocenters. The fourth-order valence-electron chi connectivity index (χ4n) is 8.25. The van der Waals surface area contributed by atoms with Crippen LogP contribution in [0.1, 0.15) is 79.6 Å². The maximum absolute atomic E-state index is 13.2. The molecule has 1 aliphatic heterocycles. The largest absolute Gasteiger partial charge is 0.455 e. The van der Waals surface area contributed by atoms with E-state index in [1.807, 2.05) is 13.8 Å². The lowest BCUT2D eigenvalue weighted by Gasteiger charge is -2.60. The van der Waals surface area contributed by atoms with Crippen molar-refractivity contribution in [1.29, 1.82) is 0 Å². The van der Waals surface area contributed by atoms with Crippen molar-refractivity contribution < 1.29 is 34.8 Å². The van der Waals surface area contributed by atoms with Crippen LogP contribution in [0, 0.1) is 16.7 Å². The smallest absolute Gasteiger partial charge is 0.334 e. The van der Waals surface area contributed by atoms with Crippen molar-refractivity contribution in [2.75, 3.05) is 0 Å². The average Bonchev–Trinajstić information content (AvgIpc) is 3.09. The van der Waals surface area contributed by atoms with Gasteiger partial charge in [0.05, 0.1) is 5.41 Å². The third-order valence-electron chi connectivity index (χ3n) is 11.0.